The molecule has 0 aliphatic heterocycles. The van der Waals surface area contributed by atoms with E-state index >= 15 is 0 Å². The summed E-state index contributed by atoms with van der Waals surface area (Å²) >= 11 is 0. The van der Waals surface area contributed by atoms with E-state index in [-0.39, 0.29) is 30.9 Å². The molecule has 2 aromatic carbocycles. The van der Waals surface area contributed by atoms with E-state index in [2.05, 4.69) is 4.98 Å². The van der Waals surface area contributed by atoms with E-state index < -0.39 is 11.8 Å². The summed E-state index contributed by atoms with van der Waals surface area (Å²) in [6.45, 7) is 1.96. The van der Waals surface area contributed by atoms with E-state index in [4.69, 9.17) is 9.47 Å². The van der Waals surface area contributed by atoms with Crippen LogP contribution in [0.25, 0.3) is 10.9 Å². The molecular weight excluding hydrogens is 346 g/mol. The number of carbonyl (C=O) groups excluding carboxylic acids is 2. The fourth-order valence-corrected chi connectivity index (χ4v) is 2.60. The highest BCUT2D eigenvalue weighted by atomic mass is 16.5. The number of aromatic nitrogens is 1. The number of hydrogen-bond acceptors (Lipinski definition) is 6. The third-order valence-electron chi connectivity index (χ3n) is 3.87. The molecule has 1 aromatic heterocycles. The minimum atomic E-state index is -0.450. The highest BCUT2D eigenvalue weighted by Crippen LogP contribution is 2.28. The Hall–Kier alpha value is -3.41. The largest absolute Gasteiger partial charge is 0.506 e. The molecule has 0 aliphatic carbocycles. The number of esters is 1. The van der Waals surface area contributed by atoms with Gasteiger partial charge in [-0.15, -0.1) is 0 Å². The van der Waals surface area contributed by atoms with E-state index in [9.17, 15) is 14.7 Å². The molecule has 0 spiro atoms. The zero-order valence-corrected chi connectivity index (χ0v) is 14.8. The number of nitrogens with zero attached hydrogens (tertiary/aromatic N) is 1. The Balaban J connectivity index is 1.79. The van der Waals surface area contributed by atoms with Gasteiger partial charge in [-0.3, -0.25) is 9.59 Å². The number of para-hydroxylation sites is 1. The smallest absolute Gasteiger partial charge is 0.306 e. The molecule has 27 heavy (non-hydrogen) atoms. The molecule has 3 aromatic rings. The van der Waals surface area contributed by atoms with Crippen LogP contribution in [-0.4, -0.2) is 28.4 Å². The predicted octanol–water partition coefficient (Wildman–Crippen LogP) is 4.26. The molecule has 6 heteroatoms. The molecule has 3 rings (SSSR count). The molecule has 0 aliphatic rings. The van der Waals surface area contributed by atoms with Crippen LogP contribution in [0.4, 0.5) is 0 Å². The lowest BCUT2D eigenvalue weighted by molar-refractivity contribution is -0.143. The van der Waals surface area contributed by atoms with Crippen LogP contribution in [0.15, 0.2) is 54.6 Å². The van der Waals surface area contributed by atoms with Crippen LogP contribution in [0.2, 0.25) is 0 Å². The van der Waals surface area contributed by atoms with Crippen molar-refractivity contribution in [3.8, 4) is 17.2 Å². The summed E-state index contributed by atoms with van der Waals surface area (Å²) in [5.41, 5.74) is 0.497. The molecule has 6 nitrogen and oxygen atoms in total. The Labute approximate surface area is 156 Å². The lowest BCUT2D eigenvalue weighted by Crippen LogP contribution is -2.09. The van der Waals surface area contributed by atoms with Gasteiger partial charge in [0, 0.05) is 11.8 Å². The molecule has 1 N–H and O–H groups in total. The minimum Gasteiger partial charge on any atom is -0.506 e. The van der Waals surface area contributed by atoms with Gasteiger partial charge in [-0.25, -0.2) is 4.98 Å². The van der Waals surface area contributed by atoms with Gasteiger partial charge in [-0.1, -0.05) is 18.2 Å². The first-order chi connectivity index (χ1) is 13.1. The van der Waals surface area contributed by atoms with Gasteiger partial charge in [0.05, 0.1) is 18.5 Å². The van der Waals surface area contributed by atoms with Crippen LogP contribution in [0.1, 0.15) is 30.3 Å². The predicted molar refractivity (Wildman–Crippen MR) is 100 cm³/mol. The molecule has 1 heterocycles. The van der Waals surface area contributed by atoms with Crippen LogP contribution >= 0.6 is 0 Å². The van der Waals surface area contributed by atoms with Crippen molar-refractivity contribution in [3.63, 3.8) is 0 Å². The van der Waals surface area contributed by atoms with Crippen molar-refractivity contribution in [2.45, 2.75) is 19.8 Å². The molecule has 0 unspecified atom stereocenters. The molecule has 0 saturated heterocycles. The number of pyridine rings is 1. The maximum absolute atomic E-state index is 12.3. The van der Waals surface area contributed by atoms with Crippen molar-refractivity contribution in [2.24, 2.45) is 0 Å². The van der Waals surface area contributed by atoms with Crippen LogP contribution in [0.3, 0.4) is 0 Å². The zero-order chi connectivity index (χ0) is 19.2. The lowest BCUT2D eigenvalue weighted by atomic mass is 10.1. The SMILES string of the molecule is CCOC(=O)CCC(=O)c1nc2ccc(Oc3ccccc3)cc2cc1O. The molecule has 0 saturated carbocycles. The summed E-state index contributed by atoms with van der Waals surface area (Å²) in [6.07, 6.45) is -0.115. The topological polar surface area (TPSA) is 85.7 Å². The summed E-state index contributed by atoms with van der Waals surface area (Å²) in [6, 6.07) is 16.0. The van der Waals surface area contributed by atoms with Gasteiger partial charge in [0.1, 0.15) is 22.9 Å². The first-order valence-corrected chi connectivity index (χ1v) is 8.62. The second-order valence-electron chi connectivity index (χ2n) is 5.85. The summed E-state index contributed by atoms with van der Waals surface area (Å²) in [5.74, 6) is 0.199. The third kappa shape index (κ3) is 4.61. The number of Topliss-reactive ketones (excluding diaryl/α,β-unsaturated/α-hetero) is 1. The Morgan fingerprint density at radius 1 is 1.00 bits per heavy atom. The molecule has 0 bridgehead atoms. The van der Waals surface area contributed by atoms with Crippen LogP contribution in [0.5, 0.6) is 17.2 Å². The van der Waals surface area contributed by atoms with Gasteiger partial charge in [-0.05, 0) is 43.3 Å². The Bertz CT molecular complexity index is 969. The van der Waals surface area contributed by atoms with Crippen molar-refractivity contribution in [2.75, 3.05) is 6.61 Å². The first-order valence-electron chi connectivity index (χ1n) is 8.62. The summed E-state index contributed by atoms with van der Waals surface area (Å²) in [4.78, 5) is 27.9. The fraction of sp³-hybridized carbons (Fsp3) is 0.190. The monoisotopic (exact) mass is 365 g/mol. The zero-order valence-electron chi connectivity index (χ0n) is 14.8. The van der Waals surface area contributed by atoms with E-state index in [0.29, 0.717) is 22.4 Å². The van der Waals surface area contributed by atoms with E-state index in [1.165, 1.54) is 6.07 Å². The third-order valence-corrected chi connectivity index (χ3v) is 3.87. The molecule has 0 amide bonds. The summed E-state index contributed by atoms with van der Waals surface area (Å²) < 4.78 is 10.6. The highest BCUT2D eigenvalue weighted by Gasteiger charge is 2.16. The molecular formula is C21H19NO5. The second kappa shape index (κ2) is 8.31. The van der Waals surface area contributed by atoms with Gasteiger partial charge < -0.3 is 14.6 Å². The lowest BCUT2D eigenvalue weighted by Gasteiger charge is -2.09. The summed E-state index contributed by atoms with van der Waals surface area (Å²) in [5, 5.41) is 10.8. The highest BCUT2D eigenvalue weighted by molar-refractivity contribution is 6.00. The van der Waals surface area contributed by atoms with Crippen molar-refractivity contribution in [1.82, 2.24) is 4.98 Å². The maximum Gasteiger partial charge on any atom is 0.306 e. The maximum atomic E-state index is 12.3. The number of fused-ring (bicyclic) bond motifs is 1. The molecule has 138 valence electrons. The summed E-state index contributed by atoms with van der Waals surface area (Å²) in [7, 11) is 0. The normalized spacial score (nSPS) is 10.6. The molecule has 0 radical (unpaired) electrons. The fourth-order valence-electron chi connectivity index (χ4n) is 2.60. The standard InChI is InChI=1S/C21H19NO5/c1-2-26-20(25)11-10-18(23)21-19(24)13-14-12-16(8-9-17(14)22-21)27-15-6-4-3-5-7-15/h3-9,12-13,24H,2,10-11H2,1H3. The second-order valence-corrected chi connectivity index (χ2v) is 5.85. The van der Waals surface area contributed by atoms with Crippen molar-refractivity contribution in [3.05, 3.63) is 60.3 Å². The first kappa shape index (κ1) is 18.4. The van der Waals surface area contributed by atoms with E-state index in [0.717, 1.165) is 0 Å². The van der Waals surface area contributed by atoms with Crippen LogP contribution in [0, 0.1) is 0 Å². The Morgan fingerprint density at radius 3 is 2.52 bits per heavy atom. The minimum absolute atomic E-state index is 0.0459. The van der Waals surface area contributed by atoms with E-state index in [1.54, 1.807) is 25.1 Å². The van der Waals surface area contributed by atoms with Gasteiger partial charge in [0.25, 0.3) is 0 Å². The number of aromatic hydroxyl groups is 1. The van der Waals surface area contributed by atoms with Crippen molar-refractivity contribution < 1.29 is 24.2 Å². The Morgan fingerprint density at radius 2 is 1.78 bits per heavy atom. The number of ketones is 1. The van der Waals surface area contributed by atoms with Gasteiger partial charge in [-0.2, -0.15) is 0 Å². The van der Waals surface area contributed by atoms with Gasteiger partial charge in [0.2, 0.25) is 0 Å². The van der Waals surface area contributed by atoms with Crippen LogP contribution in [-0.2, 0) is 9.53 Å². The Kier molecular flexibility index (Phi) is 5.66. The number of ether oxygens (including phenoxy) is 2. The number of rotatable bonds is 7. The van der Waals surface area contributed by atoms with Gasteiger partial charge >= 0.3 is 5.97 Å². The van der Waals surface area contributed by atoms with Crippen molar-refractivity contribution >= 4 is 22.7 Å². The average Bonchev–Trinajstić information content (AvgIpc) is 2.66. The number of benzene rings is 2. The number of hydrogen-bond donors (Lipinski definition) is 1. The molecule has 0 fully saturated rings. The van der Waals surface area contributed by atoms with Crippen LogP contribution < -0.4 is 4.74 Å². The number of carbonyl (C=O) groups is 2. The van der Waals surface area contributed by atoms with E-state index in [1.807, 2.05) is 30.3 Å². The quantitative estimate of drug-likeness (QED) is 0.497. The van der Waals surface area contributed by atoms with Gasteiger partial charge in [0.15, 0.2) is 5.78 Å². The molecule has 0 atom stereocenters. The average molecular weight is 365 g/mol. The van der Waals surface area contributed by atoms with Crippen molar-refractivity contribution in [1.29, 1.82) is 0 Å².